The van der Waals surface area contributed by atoms with Gasteiger partial charge in [-0.25, -0.2) is 0 Å². The normalized spacial score (nSPS) is 17.3. The summed E-state index contributed by atoms with van der Waals surface area (Å²) >= 11 is 5.17. The number of rotatable bonds is 1. The van der Waals surface area contributed by atoms with Gasteiger partial charge < -0.3 is 4.57 Å². The van der Waals surface area contributed by atoms with Gasteiger partial charge in [-0.05, 0) is 0 Å². The van der Waals surface area contributed by atoms with E-state index in [2.05, 4.69) is 0 Å². The van der Waals surface area contributed by atoms with Gasteiger partial charge in [-0.2, -0.15) is 5.26 Å². The van der Waals surface area contributed by atoms with E-state index < -0.39 is 6.49 Å². The van der Waals surface area contributed by atoms with Crippen molar-refractivity contribution in [2.45, 2.75) is 0 Å². The summed E-state index contributed by atoms with van der Waals surface area (Å²) in [6, 6.07) is 1.71. The van der Waals surface area contributed by atoms with Crippen LogP contribution in [-0.4, -0.2) is 12.8 Å². The minimum absolute atomic E-state index is 0.0332. The van der Waals surface area contributed by atoms with Crippen molar-refractivity contribution in [1.29, 1.82) is 5.26 Å². The highest BCUT2D eigenvalue weighted by Crippen LogP contribution is 2.45. The van der Waals surface area contributed by atoms with Crippen LogP contribution in [0.1, 0.15) is 0 Å². The summed E-state index contributed by atoms with van der Waals surface area (Å²) in [6.07, 6.45) is -0.0332. The van der Waals surface area contributed by atoms with Crippen LogP contribution in [-0.2, 0) is 4.57 Å². The Morgan fingerprint density at radius 3 is 2.43 bits per heavy atom. The molecule has 0 aromatic carbocycles. The van der Waals surface area contributed by atoms with E-state index in [-0.39, 0.29) is 6.16 Å². The highest BCUT2D eigenvalue weighted by atomic mass is 35.7. The van der Waals surface area contributed by atoms with E-state index in [1.54, 1.807) is 6.07 Å². The van der Waals surface area contributed by atoms with Crippen LogP contribution in [0, 0.1) is 11.3 Å². The lowest BCUT2D eigenvalue weighted by molar-refractivity contribution is 0.589. The molecule has 0 spiro atoms. The molecule has 0 fully saturated rings. The topological polar surface area (TPSA) is 40.9 Å². The molecule has 40 valence electrons. The fourth-order valence-electron chi connectivity index (χ4n) is 0.126. The third kappa shape index (κ3) is 6.01. The fraction of sp³-hybridized carbons (Fsp3) is 0.667. The van der Waals surface area contributed by atoms with Crippen molar-refractivity contribution in [3.8, 4) is 6.07 Å². The van der Waals surface area contributed by atoms with Crippen LogP contribution in [0.25, 0.3) is 0 Å². The molecule has 0 aliphatic heterocycles. The van der Waals surface area contributed by atoms with Crippen molar-refractivity contribution in [2.24, 2.45) is 0 Å². The molecule has 1 atom stereocenters. The summed E-state index contributed by atoms with van der Waals surface area (Å²) in [4.78, 5) is 0. The first-order valence-electron chi connectivity index (χ1n) is 1.69. The van der Waals surface area contributed by atoms with Crippen LogP contribution in [0.4, 0.5) is 0 Å². The lowest BCUT2D eigenvalue weighted by Crippen LogP contribution is -1.71. The van der Waals surface area contributed by atoms with Gasteiger partial charge in [0.1, 0.15) is 6.16 Å². The third-order valence-corrected chi connectivity index (χ3v) is 1.42. The van der Waals surface area contributed by atoms with E-state index in [0.717, 1.165) is 0 Å². The summed E-state index contributed by atoms with van der Waals surface area (Å²) in [5, 5.41) is 7.90. The molecule has 1 unspecified atom stereocenters. The molecular weight excluding hydrogens is 132 g/mol. The summed E-state index contributed by atoms with van der Waals surface area (Å²) in [7, 11) is 0. The second kappa shape index (κ2) is 2.35. The van der Waals surface area contributed by atoms with Gasteiger partial charge in [-0.3, -0.25) is 0 Å². The molecule has 0 aliphatic carbocycles. The van der Waals surface area contributed by atoms with Crippen molar-refractivity contribution >= 4 is 17.7 Å². The molecular formula is C3H5ClNOP. The Labute approximate surface area is 47.2 Å². The van der Waals surface area contributed by atoms with Crippen LogP contribution in [0.5, 0.6) is 0 Å². The molecule has 0 aromatic heterocycles. The molecule has 0 N–H and O–H groups in total. The largest absolute Gasteiger partial charge is 0.306 e. The van der Waals surface area contributed by atoms with E-state index >= 15 is 0 Å². The van der Waals surface area contributed by atoms with Crippen molar-refractivity contribution in [3.63, 3.8) is 0 Å². The average Bonchev–Trinajstić information content (AvgIpc) is 1.30. The summed E-state index contributed by atoms with van der Waals surface area (Å²) in [5.41, 5.74) is 0. The Morgan fingerprint density at radius 1 is 2.00 bits per heavy atom. The van der Waals surface area contributed by atoms with Crippen LogP contribution >= 0.6 is 17.7 Å². The van der Waals surface area contributed by atoms with Gasteiger partial charge >= 0.3 is 0 Å². The Balaban J connectivity index is 3.65. The molecule has 0 saturated carbocycles. The zero-order valence-corrected chi connectivity index (χ0v) is 5.54. The smallest absolute Gasteiger partial charge is 0.180 e. The van der Waals surface area contributed by atoms with Gasteiger partial charge in [0.15, 0.2) is 6.49 Å². The standard InChI is InChI=1S/C3H5ClNOP/c1-7(4,6)3-2-5/h3H2,1H3. The van der Waals surface area contributed by atoms with E-state index in [1.165, 1.54) is 6.66 Å². The number of hydrogen-bond acceptors (Lipinski definition) is 2. The van der Waals surface area contributed by atoms with Crippen LogP contribution in [0.15, 0.2) is 0 Å². The Hall–Kier alpha value is 0.0100. The predicted molar refractivity (Wildman–Crippen MR) is 29.9 cm³/mol. The molecule has 0 rings (SSSR count). The van der Waals surface area contributed by atoms with Crippen LogP contribution in [0.2, 0.25) is 0 Å². The maximum absolute atomic E-state index is 10.4. The molecule has 0 heterocycles. The minimum Gasteiger partial charge on any atom is -0.306 e. The Bertz CT molecular complexity index is 132. The molecule has 0 saturated heterocycles. The summed E-state index contributed by atoms with van der Waals surface area (Å²) < 4.78 is 10.4. The van der Waals surface area contributed by atoms with Gasteiger partial charge in [-0.15, -0.1) is 0 Å². The maximum Gasteiger partial charge on any atom is 0.180 e. The second-order valence-electron chi connectivity index (χ2n) is 1.30. The lowest BCUT2D eigenvalue weighted by Gasteiger charge is -1.90. The quantitative estimate of drug-likeness (QED) is 0.516. The first kappa shape index (κ1) is 7.01. The first-order chi connectivity index (χ1) is 3.06. The van der Waals surface area contributed by atoms with Crippen molar-refractivity contribution in [1.82, 2.24) is 0 Å². The summed E-state index contributed by atoms with van der Waals surface area (Å²) in [5.74, 6) is 0. The second-order valence-corrected chi connectivity index (χ2v) is 5.73. The predicted octanol–water partition coefficient (Wildman–Crippen LogP) is 1.66. The summed E-state index contributed by atoms with van der Waals surface area (Å²) in [6.45, 7) is -1.18. The zero-order valence-electron chi connectivity index (χ0n) is 3.89. The minimum atomic E-state index is -2.55. The van der Waals surface area contributed by atoms with Crippen LogP contribution < -0.4 is 0 Å². The molecule has 0 amide bonds. The molecule has 7 heavy (non-hydrogen) atoms. The first-order valence-corrected chi connectivity index (χ1v) is 4.94. The molecule has 4 heteroatoms. The SMILES string of the molecule is CP(=O)(Cl)CC#N. The highest BCUT2D eigenvalue weighted by Gasteiger charge is 2.06. The van der Waals surface area contributed by atoms with E-state index in [0.29, 0.717) is 0 Å². The van der Waals surface area contributed by atoms with Gasteiger partial charge in [0.25, 0.3) is 0 Å². The number of halogens is 1. The van der Waals surface area contributed by atoms with Crippen molar-refractivity contribution in [3.05, 3.63) is 0 Å². The molecule has 2 nitrogen and oxygen atoms in total. The van der Waals surface area contributed by atoms with Crippen molar-refractivity contribution < 1.29 is 4.57 Å². The molecule has 0 bridgehead atoms. The Morgan fingerprint density at radius 2 is 2.43 bits per heavy atom. The van der Waals surface area contributed by atoms with E-state index in [9.17, 15) is 4.57 Å². The average molecular weight is 138 g/mol. The van der Waals surface area contributed by atoms with E-state index in [1.807, 2.05) is 0 Å². The van der Waals surface area contributed by atoms with Gasteiger partial charge in [0, 0.05) is 6.66 Å². The zero-order chi connectivity index (χ0) is 5.91. The monoisotopic (exact) mass is 137 g/mol. The number of nitriles is 1. The van der Waals surface area contributed by atoms with Gasteiger partial charge in [0.05, 0.1) is 6.07 Å². The number of nitrogens with zero attached hydrogens (tertiary/aromatic N) is 1. The third-order valence-electron chi connectivity index (χ3n) is 0.353. The number of hydrogen-bond donors (Lipinski definition) is 0. The van der Waals surface area contributed by atoms with Gasteiger partial charge in [0.2, 0.25) is 0 Å². The molecule has 0 aliphatic rings. The highest BCUT2D eigenvalue weighted by molar-refractivity contribution is 7.88. The molecule has 0 aromatic rings. The fourth-order valence-corrected chi connectivity index (χ4v) is 0.539. The van der Waals surface area contributed by atoms with Crippen molar-refractivity contribution in [2.75, 3.05) is 12.8 Å². The van der Waals surface area contributed by atoms with E-state index in [4.69, 9.17) is 16.5 Å². The Kier molecular flexibility index (Phi) is 2.35. The molecule has 0 radical (unpaired) electrons. The van der Waals surface area contributed by atoms with Gasteiger partial charge in [-0.1, -0.05) is 11.2 Å². The lowest BCUT2D eigenvalue weighted by atomic mass is 10.9. The maximum atomic E-state index is 10.4. The van der Waals surface area contributed by atoms with Crippen LogP contribution in [0.3, 0.4) is 0 Å².